The summed E-state index contributed by atoms with van der Waals surface area (Å²) in [6.07, 6.45) is 2.21. The van der Waals surface area contributed by atoms with Crippen LogP contribution in [0.4, 0.5) is 22.7 Å². The molecule has 4 aromatic rings. The van der Waals surface area contributed by atoms with Crippen molar-refractivity contribution < 1.29 is 41.0 Å². The molecule has 0 atom stereocenters. The van der Waals surface area contributed by atoms with Crippen LogP contribution in [-0.4, -0.2) is 156 Å². The number of benzene rings is 4. The highest BCUT2D eigenvalue weighted by atomic mass is 35.5. The number of carbonyl (C=O) groups excluding carboxylic acids is 1. The van der Waals surface area contributed by atoms with Crippen molar-refractivity contribution in [2.24, 2.45) is 0 Å². The zero-order valence-electron chi connectivity index (χ0n) is 36.0. The Bertz CT molecular complexity index is 2550. The maximum absolute atomic E-state index is 13.5. The van der Waals surface area contributed by atoms with E-state index >= 15 is 0 Å². The SMILES string of the molecule is CS(=O)(=O)c1ccc(N2CCOCC2)c(C(=O)N2CCN(c3ccc(Cl)c(Cl)c3)CC2)c1.CS(=O)(=O)c1ccc(N2CCOCC2)c(C(=O)O)c1.Clc1ccc(N2CCNCC2)cc1Cl. The van der Waals surface area contributed by atoms with Crippen LogP contribution in [0.15, 0.2) is 82.6 Å². The number of anilines is 4. The van der Waals surface area contributed by atoms with Gasteiger partial charge in [0, 0.05) is 108 Å². The summed E-state index contributed by atoms with van der Waals surface area (Å²) in [4.78, 5) is 35.2. The zero-order valence-corrected chi connectivity index (χ0v) is 40.7. The molecule has 0 aliphatic carbocycles. The molecule has 4 aliphatic heterocycles. The van der Waals surface area contributed by atoms with Gasteiger partial charge >= 0.3 is 5.97 Å². The van der Waals surface area contributed by atoms with Gasteiger partial charge in [-0.2, -0.15) is 0 Å². The van der Waals surface area contributed by atoms with Crippen LogP contribution in [0.3, 0.4) is 0 Å². The van der Waals surface area contributed by atoms with Crippen LogP contribution in [0.1, 0.15) is 20.7 Å². The maximum atomic E-state index is 13.5. The van der Waals surface area contributed by atoms with E-state index in [1.165, 1.54) is 18.2 Å². The predicted octanol–water partition coefficient (Wildman–Crippen LogP) is 6.22. The molecular formula is C44H52Cl4N6O9S2. The van der Waals surface area contributed by atoms with Crippen molar-refractivity contribution in [1.29, 1.82) is 0 Å². The Labute approximate surface area is 400 Å². The molecule has 0 saturated carbocycles. The number of hydrogen-bond donors (Lipinski definition) is 2. The summed E-state index contributed by atoms with van der Waals surface area (Å²) >= 11 is 24.0. The second-order valence-corrected chi connectivity index (χ2v) is 21.3. The molecule has 0 spiro atoms. The lowest BCUT2D eigenvalue weighted by molar-refractivity contribution is 0.0694. The van der Waals surface area contributed by atoms with Gasteiger partial charge in [0.1, 0.15) is 0 Å². The largest absolute Gasteiger partial charge is 0.478 e. The average molecular weight is 1010 g/mol. The number of amides is 1. The first kappa shape index (κ1) is 50.4. The topological polar surface area (TPSA) is 169 Å². The maximum Gasteiger partial charge on any atom is 0.337 e. The van der Waals surface area contributed by atoms with Crippen LogP contribution >= 0.6 is 46.4 Å². The molecule has 4 saturated heterocycles. The van der Waals surface area contributed by atoms with E-state index in [4.69, 9.17) is 55.9 Å². The number of morpholine rings is 2. The van der Waals surface area contributed by atoms with E-state index in [1.54, 1.807) is 29.2 Å². The predicted molar refractivity (Wildman–Crippen MR) is 258 cm³/mol. The molecule has 0 bridgehead atoms. The van der Waals surface area contributed by atoms with Crippen LogP contribution in [0.25, 0.3) is 0 Å². The van der Waals surface area contributed by atoms with Crippen molar-refractivity contribution in [2.45, 2.75) is 9.79 Å². The molecule has 352 valence electrons. The minimum Gasteiger partial charge on any atom is -0.478 e. The van der Waals surface area contributed by atoms with E-state index in [0.717, 1.165) is 55.8 Å². The number of carboxylic acid groups (broad SMARTS) is 1. The van der Waals surface area contributed by atoms with E-state index in [2.05, 4.69) is 20.0 Å². The monoisotopic (exact) mass is 1010 g/mol. The molecule has 0 radical (unpaired) electrons. The number of aromatic carboxylic acids is 1. The molecule has 1 amide bonds. The first-order chi connectivity index (χ1) is 30.9. The molecular weight excluding hydrogens is 962 g/mol. The molecule has 4 aromatic carbocycles. The lowest BCUT2D eigenvalue weighted by Gasteiger charge is -2.37. The summed E-state index contributed by atoms with van der Waals surface area (Å²) in [5.41, 5.74) is 3.81. The van der Waals surface area contributed by atoms with Crippen molar-refractivity contribution in [3.05, 3.63) is 104 Å². The van der Waals surface area contributed by atoms with Crippen molar-refractivity contribution >= 4 is 101 Å². The number of carboxylic acids is 1. The Morgan fingerprint density at radius 3 is 1.35 bits per heavy atom. The third-order valence-electron chi connectivity index (χ3n) is 11.2. The Balaban J connectivity index is 0.000000179. The summed E-state index contributed by atoms with van der Waals surface area (Å²) in [5, 5.41) is 14.8. The summed E-state index contributed by atoms with van der Waals surface area (Å²) in [6.45, 7) is 11.1. The molecule has 0 aromatic heterocycles. The fourth-order valence-electron chi connectivity index (χ4n) is 7.62. The number of nitrogens with one attached hydrogen (secondary N) is 1. The van der Waals surface area contributed by atoms with Gasteiger partial charge in [-0.1, -0.05) is 46.4 Å². The van der Waals surface area contributed by atoms with Crippen molar-refractivity contribution in [2.75, 3.05) is 137 Å². The smallest absolute Gasteiger partial charge is 0.337 e. The Hall–Kier alpha value is -4.04. The van der Waals surface area contributed by atoms with Gasteiger partial charge in [0.15, 0.2) is 19.7 Å². The second kappa shape index (κ2) is 22.6. The Morgan fingerprint density at radius 2 is 0.938 bits per heavy atom. The van der Waals surface area contributed by atoms with Gasteiger partial charge in [-0.05, 0) is 72.8 Å². The third kappa shape index (κ3) is 13.5. The summed E-state index contributed by atoms with van der Waals surface area (Å²) < 4.78 is 57.9. The molecule has 65 heavy (non-hydrogen) atoms. The van der Waals surface area contributed by atoms with Gasteiger partial charge in [0.25, 0.3) is 5.91 Å². The molecule has 8 rings (SSSR count). The highest BCUT2D eigenvalue weighted by molar-refractivity contribution is 7.91. The fraction of sp³-hybridized carbons (Fsp3) is 0.409. The normalized spacial score (nSPS) is 17.1. The van der Waals surface area contributed by atoms with Gasteiger partial charge in [0.2, 0.25) is 0 Å². The van der Waals surface area contributed by atoms with E-state index in [1.807, 2.05) is 35.2 Å². The lowest BCUT2D eigenvalue weighted by Crippen LogP contribution is -2.49. The number of nitrogens with zero attached hydrogens (tertiary/aromatic N) is 5. The van der Waals surface area contributed by atoms with E-state index in [0.29, 0.717) is 110 Å². The number of carbonyl (C=O) groups is 2. The highest BCUT2D eigenvalue weighted by Gasteiger charge is 2.28. The average Bonchev–Trinajstić information content (AvgIpc) is 3.31. The first-order valence-electron chi connectivity index (χ1n) is 20.9. The molecule has 15 nitrogen and oxygen atoms in total. The van der Waals surface area contributed by atoms with Crippen LogP contribution in [0, 0.1) is 0 Å². The lowest BCUT2D eigenvalue weighted by atomic mass is 10.1. The minimum atomic E-state index is -3.43. The summed E-state index contributed by atoms with van der Waals surface area (Å²) in [6, 6.07) is 20.3. The molecule has 2 N–H and O–H groups in total. The molecule has 21 heteroatoms. The Morgan fingerprint density at radius 1 is 0.523 bits per heavy atom. The number of rotatable bonds is 8. The Kier molecular flexibility index (Phi) is 17.5. The van der Waals surface area contributed by atoms with Crippen LogP contribution in [0.2, 0.25) is 20.1 Å². The van der Waals surface area contributed by atoms with E-state index < -0.39 is 25.6 Å². The van der Waals surface area contributed by atoms with Crippen molar-refractivity contribution in [1.82, 2.24) is 10.2 Å². The van der Waals surface area contributed by atoms with Crippen LogP contribution in [-0.2, 0) is 29.1 Å². The standard InChI is InChI=1S/C22H25Cl2N3O4S.C12H15NO5S.C10H12Cl2N2/c1-32(29,30)17-3-5-21(26-10-12-31-13-11-26)18(15-17)22(28)27-8-6-25(7-9-27)16-2-4-19(23)20(24)14-16;1-19(16,17)9-2-3-11(10(8-9)12(14)15)13-4-6-18-7-5-13;11-9-2-1-8(7-10(9)12)14-5-3-13-4-6-14/h2-5,14-15H,6-13H2,1H3;2-3,8H,4-7H2,1H3,(H,14,15);1-2,7,13H,3-6H2. The van der Waals surface area contributed by atoms with Crippen LogP contribution in [0.5, 0.6) is 0 Å². The quantitative estimate of drug-likeness (QED) is 0.204. The van der Waals surface area contributed by atoms with Gasteiger partial charge in [-0.15, -0.1) is 0 Å². The third-order valence-corrected chi connectivity index (χ3v) is 14.9. The highest BCUT2D eigenvalue weighted by Crippen LogP contribution is 2.31. The summed E-state index contributed by atoms with van der Waals surface area (Å²) in [5.74, 6) is -1.29. The molecule has 4 aliphatic rings. The van der Waals surface area contributed by atoms with Gasteiger partial charge in [0.05, 0.1) is 73.1 Å². The summed E-state index contributed by atoms with van der Waals surface area (Å²) in [7, 11) is -6.85. The van der Waals surface area contributed by atoms with Gasteiger partial charge in [-0.3, -0.25) is 4.79 Å². The van der Waals surface area contributed by atoms with E-state index in [-0.39, 0.29) is 21.3 Å². The van der Waals surface area contributed by atoms with Crippen LogP contribution < -0.4 is 24.9 Å². The number of sulfone groups is 2. The van der Waals surface area contributed by atoms with E-state index in [9.17, 15) is 31.5 Å². The van der Waals surface area contributed by atoms with Gasteiger partial charge in [-0.25, -0.2) is 21.6 Å². The van der Waals surface area contributed by atoms with Crippen molar-refractivity contribution in [3.63, 3.8) is 0 Å². The minimum absolute atomic E-state index is 0.00447. The fourth-order valence-corrected chi connectivity index (χ4v) is 9.50. The molecule has 4 heterocycles. The number of hydrogen-bond acceptors (Lipinski definition) is 13. The molecule has 0 unspecified atom stereocenters. The molecule has 4 fully saturated rings. The number of ether oxygens (including phenoxy) is 2. The zero-order chi connectivity index (χ0) is 46.9. The number of piperazine rings is 2. The number of halogens is 4. The first-order valence-corrected chi connectivity index (χ1v) is 26.2. The van der Waals surface area contributed by atoms with Gasteiger partial charge < -0.3 is 44.4 Å². The second-order valence-electron chi connectivity index (χ2n) is 15.6. The van der Waals surface area contributed by atoms with Crippen molar-refractivity contribution in [3.8, 4) is 0 Å².